The number of hydrogen-bond acceptors (Lipinski definition) is 2. The van der Waals surface area contributed by atoms with E-state index in [-0.39, 0.29) is 11.2 Å². The van der Waals surface area contributed by atoms with Crippen molar-refractivity contribution in [3.63, 3.8) is 0 Å². The molecule has 1 radical (unpaired) electrons. The van der Waals surface area contributed by atoms with E-state index < -0.39 is 0 Å². The van der Waals surface area contributed by atoms with Crippen LogP contribution in [0.25, 0.3) is 0 Å². The Morgan fingerprint density at radius 3 is 2.10 bits per heavy atom. The maximum atomic E-state index is 8.68. The Morgan fingerprint density at radius 1 is 1.50 bits per heavy atom. The lowest BCUT2D eigenvalue weighted by molar-refractivity contribution is 0.359. The molecule has 0 amide bonds. The largest absolute Gasteiger partial charge is 0.454 e. The van der Waals surface area contributed by atoms with E-state index in [4.69, 9.17) is 10.8 Å². The molecule has 0 saturated heterocycles. The Hall–Kier alpha value is -0.0151. The van der Waals surface area contributed by atoms with Gasteiger partial charge in [0, 0.05) is 0 Å². The van der Waals surface area contributed by atoms with E-state index in [9.17, 15) is 0 Å². The fourth-order valence-corrected chi connectivity index (χ4v) is 0.983. The van der Waals surface area contributed by atoms with Gasteiger partial charge in [0.2, 0.25) is 0 Å². The van der Waals surface area contributed by atoms with Gasteiger partial charge in [-0.15, -0.1) is 0 Å². The molecule has 0 spiro atoms. The van der Waals surface area contributed by atoms with E-state index in [0.29, 0.717) is 6.54 Å². The molecule has 0 aliphatic carbocycles. The summed E-state index contributed by atoms with van der Waals surface area (Å²) in [5.41, 5.74) is 5.65. The van der Waals surface area contributed by atoms with Gasteiger partial charge in [-0.3, -0.25) is 0 Å². The lowest BCUT2D eigenvalue weighted by Gasteiger charge is -2.22. The monoisotopic (exact) mass is 142 g/mol. The van der Waals surface area contributed by atoms with E-state index >= 15 is 0 Å². The molecule has 0 aromatic carbocycles. The zero-order valence-electron chi connectivity index (χ0n) is 7.09. The van der Waals surface area contributed by atoms with Crippen molar-refractivity contribution in [1.82, 2.24) is 0 Å². The molecule has 0 fully saturated rings. The minimum Gasteiger partial charge on any atom is -0.454 e. The van der Waals surface area contributed by atoms with Gasteiger partial charge in [0.15, 0.2) is 0 Å². The Kier molecular flexibility index (Phi) is 3.98. The lowest BCUT2D eigenvalue weighted by atomic mass is 9.71. The lowest BCUT2D eigenvalue weighted by Crippen LogP contribution is -2.20. The minimum absolute atomic E-state index is 0.153. The van der Waals surface area contributed by atoms with Crippen LogP contribution in [-0.4, -0.2) is 19.1 Å². The molecule has 0 saturated carbocycles. The standard InChI is InChI=1S/C7H17BNO/c1-7(2,3)4-6(5-9)8-10/h6,10H,4-5,9H2,1-3H3. The molecule has 0 aromatic rings. The van der Waals surface area contributed by atoms with Crippen molar-refractivity contribution in [2.24, 2.45) is 11.1 Å². The molecule has 0 aliphatic rings. The molecule has 59 valence electrons. The van der Waals surface area contributed by atoms with Gasteiger partial charge < -0.3 is 10.8 Å². The second-order valence-corrected chi connectivity index (χ2v) is 3.91. The highest BCUT2D eigenvalue weighted by Crippen LogP contribution is 2.25. The number of hydrogen-bond donors (Lipinski definition) is 2. The van der Waals surface area contributed by atoms with E-state index in [1.165, 1.54) is 7.48 Å². The molecule has 1 atom stereocenters. The van der Waals surface area contributed by atoms with Crippen LogP contribution >= 0.6 is 0 Å². The average Bonchev–Trinajstić information content (AvgIpc) is 1.81. The van der Waals surface area contributed by atoms with Gasteiger partial charge >= 0.3 is 0 Å². The van der Waals surface area contributed by atoms with E-state index in [2.05, 4.69) is 20.8 Å². The van der Waals surface area contributed by atoms with Crippen LogP contribution in [0, 0.1) is 5.41 Å². The molecular formula is C7H17BNO. The number of nitrogens with two attached hydrogens (primary N) is 1. The summed E-state index contributed by atoms with van der Waals surface area (Å²) in [4.78, 5) is 0. The Bertz CT molecular complexity index is 86.1. The van der Waals surface area contributed by atoms with E-state index in [1.54, 1.807) is 0 Å². The maximum absolute atomic E-state index is 8.68. The highest BCUT2D eigenvalue weighted by molar-refractivity contribution is 6.27. The molecule has 0 bridgehead atoms. The molecule has 10 heavy (non-hydrogen) atoms. The molecule has 3 N–H and O–H groups in total. The highest BCUT2D eigenvalue weighted by Gasteiger charge is 2.17. The summed E-state index contributed by atoms with van der Waals surface area (Å²) in [6.07, 6.45) is 0.944. The van der Waals surface area contributed by atoms with Crippen LogP contribution in [-0.2, 0) is 0 Å². The van der Waals surface area contributed by atoms with Crippen LogP contribution in [0.1, 0.15) is 27.2 Å². The Labute approximate surface area is 64.1 Å². The second-order valence-electron chi connectivity index (χ2n) is 3.91. The highest BCUT2D eigenvalue weighted by atomic mass is 16.2. The van der Waals surface area contributed by atoms with Crippen molar-refractivity contribution in [2.75, 3.05) is 6.54 Å². The zero-order valence-corrected chi connectivity index (χ0v) is 7.09. The molecule has 1 unspecified atom stereocenters. The average molecular weight is 142 g/mol. The first-order chi connectivity index (χ1) is 4.49. The van der Waals surface area contributed by atoms with Gasteiger partial charge in [0.1, 0.15) is 0 Å². The summed E-state index contributed by atoms with van der Waals surface area (Å²) >= 11 is 0. The van der Waals surface area contributed by atoms with Crippen molar-refractivity contribution >= 4 is 7.48 Å². The predicted molar refractivity (Wildman–Crippen MR) is 44.8 cm³/mol. The van der Waals surface area contributed by atoms with Crippen molar-refractivity contribution in [3.8, 4) is 0 Å². The fourth-order valence-electron chi connectivity index (χ4n) is 0.983. The first-order valence-corrected chi connectivity index (χ1v) is 3.67. The van der Waals surface area contributed by atoms with Gasteiger partial charge in [-0.25, -0.2) is 0 Å². The summed E-state index contributed by atoms with van der Waals surface area (Å²) in [6, 6.07) is 0. The molecule has 0 rings (SSSR count). The summed E-state index contributed by atoms with van der Waals surface area (Å²) in [7, 11) is 1.20. The predicted octanol–water partition coefficient (Wildman–Crippen LogP) is 0.781. The molecular weight excluding hydrogens is 125 g/mol. The fraction of sp³-hybridized carbons (Fsp3) is 1.00. The van der Waals surface area contributed by atoms with Gasteiger partial charge in [0.25, 0.3) is 7.48 Å². The van der Waals surface area contributed by atoms with Crippen LogP contribution in [0.15, 0.2) is 0 Å². The summed E-state index contributed by atoms with van der Waals surface area (Å²) in [6.45, 7) is 6.95. The summed E-state index contributed by atoms with van der Waals surface area (Å²) in [5.74, 6) is 0.153. The maximum Gasteiger partial charge on any atom is 0.291 e. The third-order valence-electron chi connectivity index (χ3n) is 1.39. The number of rotatable bonds is 3. The smallest absolute Gasteiger partial charge is 0.291 e. The Morgan fingerprint density at radius 2 is 2.00 bits per heavy atom. The van der Waals surface area contributed by atoms with Gasteiger partial charge in [-0.2, -0.15) is 0 Å². The van der Waals surface area contributed by atoms with Crippen molar-refractivity contribution in [1.29, 1.82) is 0 Å². The van der Waals surface area contributed by atoms with Crippen LogP contribution in [0.4, 0.5) is 0 Å². The third kappa shape index (κ3) is 4.83. The first-order valence-electron chi connectivity index (χ1n) is 3.67. The minimum atomic E-state index is 0.153. The Balaban J connectivity index is 3.63. The first kappa shape index (κ1) is 9.98. The molecule has 0 aliphatic heterocycles. The quantitative estimate of drug-likeness (QED) is 0.572. The third-order valence-corrected chi connectivity index (χ3v) is 1.39. The summed E-state index contributed by atoms with van der Waals surface area (Å²) < 4.78 is 0. The molecule has 0 aromatic heterocycles. The second kappa shape index (κ2) is 3.99. The van der Waals surface area contributed by atoms with Gasteiger partial charge in [-0.1, -0.05) is 20.8 Å². The van der Waals surface area contributed by atoms with Crippen LogP contribution in [0.5, 0.6) is 0 Å². The van der Waals surface area contributed by atoms with Crippen LogP contribution in [0.2, 0.25) is 5.82 Å². The molecule has 3 heteroatoms. The van der Waals surface area contributed by atoms with Crippen molar-refractivity contribution in [3.05, 3.63) is 0 Å². The SMILES string of the molecule is CC(C)(C)CC([B]O)CN. The van der Waals surface area contributed by atoms with Crippen molar-refractivity contribution in [2.45, 2.75) is 33.0 Å². The van der Waals surface area contributed by atoms with Gasteiger partial charge in [-0.05, 0) is 24.2 Å². The normalized spacial score (nSPS) is 14.9. The topological polar surface area (TPSA) is 46.2 Å². The van der Waals surface area contributed by atoms with Crippen LogP contribution < -0.4 is 5.73 Å². The molecule has 2 nitrogen and oxygen atoms in total. The van der Waals surface area contributed by atoms with Crippen LogP contribution in [0.3, 0.4) is 0 Å². The van der Waals surface area contributed by atoms with E-state index in [1.807, 2.05) is 0 Å². The van der Waals surface area contributed by atoms with Gasteiger partial charge in [0.05, 0.1) is 0 Å². The van der Waals surface area contributed by atoms with E-state index in [0.717, 1.165) is 6.42 Å². The summed E-state index contributed by atoms with van der Waals surface area (Å²) in [5, 5.41) is 8.68. The van der Waals surface area contributed by atoms with Crippen molar-refractivity contribution < 1.29 is 5.02 Å². The molecule has 0 heterocycles. The zero-order chi connectivity index (χ0) is 8.20.